The van der Waals surface area contributed by atoms with Crippen LogP contribution in [0, 0.1) is 5.41 Å². The molecule has 1 spiro atoms. The number of hydrogen-bond acceptors (Lipinski definition) is 3. The van der Waals surface area contributed by atoms with E-state index in [1.54, 1.807) is 46.0 Å². The molecule has 1 atom stereocenters. The maximum absolute atomic E-state index is 12.8. The Morgan fingerprint density at radius 3 is 2.27 bits per heavy atom. The molecule has 8 heteroatoms. The van der Waals surface area contributed by atoms with Crippen LogP contribution in [0.4, 0.5) is 10.5 Å². The Morgan fingerprint density at radius 2 is 1.69 bits per heavy atom. The van der Waals surface area contributed by atoms with Gasteiger partial charge in [0.15, 0.2) is 0 Å². The predicted octanol–water partition coefficient (Wildman–Crippen LogP) is 1.88. The molecule has 0 bridgehead atoms. The second-order valence-corrected chi connectivity index (χ2v) is 7.66. The molecule has 0 radical (unpaired) electrons. The zero-order valence-corrected chi connectivity index (χ0v) is 15.8. The number of nitrogens with one attached hydrogen (secondary N) is 1. The molecule has 0 saturated carbocycles. The number of carbonyl (C=O) groups excluding carboxylic acids is 3. The summed E-state index contributed by atoms with van der Waals surface area (Å²) in [6, 6.07) is 6.66. The fraction of sp³-hybridized carbons (Fsp3) is 0.500. The summed E-state index contributed by atoms with van der Waals surface area (Å²) in [6.45, 7) is 3.88. The number of benzene rings is 1. The van der Waals surface area contributed by atoms with E-state index < -0.39 is 5.41 Å². The maximum atomic E-state index is 12.8. The smallest absolute Gasteiger partial charge is 0.321 e. The topological polar surface area (TPSA) is 73.0 Å². The second kappa shape index (κ2) is 7.15. The third-order valence-corrected chi connectivity index (χ3v) is 5.30. The highest BCUT2D eigenvalue weighted by Gasteiger charge is 2.46. The average Bonchev–Trinajstić information content (AvgIpc) is 2.75. The highest BCUT2D eigenvalue weighted by atomic mass is 35.5. The third-order valence-electron chi connectivity index (χ3n) is 5.04. The van der Waals surface area contributed by atoms with Crippen LogP contribution in [0.5, 0.6) is 0 Å². The van der Waals surface area contributed by atoms with Crippen LogP contribution < -0.4 is 5.32 Å². The van der Waals surface area contributed by atoms with Crippen LogP contribution in [0.3, 0.4) is 0 Å². The normalized spacial score (nSPS) is 23.3. The molecule has 140 valence electrons. The third kappa shape index (κ3) is 3.93. The van der Waals surface area contributed by atoms with Crippen molar-refractivity contribution in [2.24, 2.45) is 5.41 Å². The van der Waals surface area contributed by atoms with Gasteiger partial charge in [0.2, 0.25) is 11.8 Å². The Labute approximate surface area is 157 Å². The number of urea groups is 1. The number of hydrogen-bond donors (Lipinski definition) is 1. The summed E-state index contributed by atoms with van der Waals surface area (Å²) in [5, 5.41) is 3.46. The minimum atomic E-state index is -0.425. The molecule has 2 aliphatic heterocycles. The van der Waals surface area contributed by atoms with E-state index in [1.165, 1.54) is 6.92 Å². The van der Waals surface area contributed by atoms with E-state index in [4.69, 9.17) is 11.6 Å². The first kappa shape index (κ1) is 18.5. The fourth-order valence-electron chi connectivity index (χ4n) is 3.75. The van der Waals surface area contributed by atoms with Gasteiger partial charge in [0.05, 0.1) is 0 Å². The van der Waals surface area contributed by atoms with Crippen LogP contribution in [0.1, 0.15) is 13.3 Å². The lowest BCUT2D eigenvalue weighted by atomic mass is 9.86. The maximum Gasteiger partial charge on any atom is 0.321 e. The Bertz CT molecular complexity index is 724. The minimum absolute atomic E-state index is 0.0358. The van der Waals surface area contributed by atoms with Gasteiger partial charge in [0, 0.05) is 69.2 Å². The molecule has 2 heterocycles. The van der Waals surface area contributed by atoms with E-state index >= 15 is 0 Å². The van der Waals surface area contributed by atoms with Crippen molar-refractivity contribution in [1.29, 1.82) is 0 Å². The molecule has 2 aliphatic rings. The molecule has 0 aromatic heterocycles. The number of nitrogens with zero attached hydrogens (tertiary/aromatic N) is 3. The largest absolute Gasteiger partial charge is 0.345 e. The lowest BCUT2D eigenvalue weighted by Gasteiger charge is -2.33. The van der Waals surface area contributed by atoms with Gasteiger partial charge in [0.25, 0.3) is 0 Å². The van der Waals surface area contributed by atoms with Gasteiger partial charge in [-0.05, 0) is 24.3 Å². The minimum Gasteiger partial charge on any atom is -0.345 e. The Hall–Kier alpha value is -2.28. The van der Waals surface area contributed by atoms with Gasteiger partial charge in [-0.25, -0.2) is 4.79 Å². The molecular weight excluding hydrogens is 356 g/mol. The Morgan fingerprint density at radius 1 is 1.08 bits per heavy atom. The molecule has 1 unspecified atom stereocenters. The van der Waals surface area contributed by atoms with Crippen LogP contribution in [-0.2, 0) is 9.59 Å². The number of halogens is 1. The van der Waals surface area contributed by atoms with E-state index in [1.807, 2.05) is 0 Å². The van der Waals surface area contributed by atoms with Crippen LogP contribution in [0.2, 0.25) is 5.02 Å². The summed E-state index contributed by atoms with van der Waals surface area (Å²) in [5.74, 6) is 0.0137. The first-order chi connectivity index (χ1) is 12.3. The fourth-order valence-corrected chi connectivity index (χ4v) is 3.88. The van der Waals surface area contributed by atoms with Crippen molar-refractivity contribution in [2.75, 3.05) is 45.1 Å². The second-order valence-electron chi connectivity index (χ2n) is 7.23. The first-order valence-corrected chi connectivity index (χ1v) is 8.97. The molecule has 7 nitrogen and oxygen atoms in total. The average molecular weight is 379 g/mol. The summed E-state index contributed by atoms with van der Waals surface area (Å²) in [5.41, 5.74) is 0.228. The predicted molar refractivity (Wildman–Crippen MR) is 99.0 cm³/mol. The van der Waals surface area contributed by atoms with E-state index in [-0.39, 0.29) is 17.8 Å². The van der Waals surface area contributed by atoms with Gasteiger partial charge in [-0.2, -0.15) is 0 Å². The highest BCUT2D eigenvalue weighted by molar-refractivity contribution is 6.30. The van der Waals surface area contributed by atoms with Crippen LogP contribution in [-0.4, -0.2) is 72.3 Å². The lowest BCUT2D eigenvalue weighted by molar-refractivity contribution is -0.130. The first-order valence-electron chi connectivity index (χ1n) is 8.59. The van der Waals surface area contributed by atoms with E-state index in [9.17, 15) is 14.4 Å². The SMILES string of the molecule is CC(=O)N1CCN(C(=O)Nc2ccc(Cl)cc2)CC2(CC(=O)N(C)C2)C1. The van der Waals surface area contributed by atoms with E-state index in [0.717, 1.165) is 0 Å². The van der Waals surface area contributed by atoms with Crippen molar-refractivity contribution in [3.05, 3.63) is 29.3 Å². The Balaban J connectivity index is 1.78. The molecule has 1 aromatic rings. The van der Waals surface area contributed by atoms with Gasteiger partial charge in [0.1, 0.15) is 0 Å². The number of likely N-dealkylation sites (tertiary alicyclic amines) is 1. The van der Waals surface area contributed by atoms with Gasteiger partial charge in [-0.15, -0.1) is 0 Å². The van der Waals surface area contributed by atoms with Crippen molar-refractivity contribution >= 4 is 35.1 Å². The van der Waals surface area contributed by atoms with Crippen molar-refractivity contribution < 1.29 is 14.4 Å². The van der Waals surface area contributed by atoms with Gasteiger partial charge >= 0.3 is 6.03 Å². The summed E-state index contributed by atoms with van der Waals surface area (Å²) in [4.78, 5) is 42.0. The molecule has 4 amide bonds. The van der Waals surface area contributed by atoms with Gasteiger partial charge < -0.3 is 20.0 Å². The van der Waals surface area contributed by atoms with Crippen LogP contribution in [0.15, 0.2) is 24.3 Å². The summed E-state index contributed by atoms with van der Waals surface area (Å²) in [6.07, 6.45) is 0.345. The molecule has 2 fully saturated rings. The monoisotopic (exact) mass is 378 g/mol. The molecule has 0 aliphatic carbocycles. The summed E-state index contributed by atoms with van der Waals surface area (Å²) < 4.78 is 0. The standard InChI is InChI=1S/C18H23ClN4O3/c1-13(24)22-7-8-23(12-18(11-22)9-16(25)21(2)10-18)17(26)20-15-5-3-14(19)4-6-15/h3-6H,7-12H2,1-2H3,(H,20,26). The Kier molecular flexibility index (Phi) is 5.09. The van der Waals surface area contributed by atoms with Crippen molar-refractivity contribution in [3.63, 3.8) is 0 Å². The molecule has 26 heavy (non-hydrogen) atoms. The van der Waals surface area contributed by atoms with Crippen LogP contribution >= 0.6 is 11.6 Å². The van der Waals surface area contributed by atoms with Crippen molar-refractivity contribution in [3.8, 4) is 0 Å². The molecule has 1 N–H and O–H groups in total. The zero-order valence-electron chi connectivity index (χ0n) is 15.0. The summed E-state index contributed by atoms with van der Waals surface area (Å²) in [7, 11) is 1.76. The van der Waals surface area contributed by atoms with E-state index in [2.05, 4.69) is 5.32 Å². The molecule has 3 rings (SSSR count). The molecule has 1 aromatic carbocycles. The molecular formula is C18H23ClN4O3. The number of rotatable bonds is 1. The number of amides is 4. The number of anilines is 1. The number of carbonyl (C=O) groups is 3. The zero-order chi connectivity index (χ0) is 18.9. The van der Waals surface area contributed by atoms with Crippen LogP contribution in [0.25, 0.3) is 0 Å². The highest BCUT2D eigenvalue weighted by Crippen LogP contribution is 2.34. The lowest BCUT2D eigenvalue weighted by Crippen LogP contribution is -2.45. The van der Waals surface area contributed by atoms with Crippen molar-refractivity contribution in [1.82, 2.24) is 14.7 Å². The van der Waals surface area contributed by atoms with E-state index in [0.29, 0.717) is 49.9 Å². The van der Waals surface area contributed by atoms with Gasteiger partial charge in [-0.3, -0.25) is 9.59 Å². The van der Waals surface area contributed by atoms with Crippen molar-refractivity contribution in [2.45, 2.75) is 13.3 Å². The molecule has 2 saturated heterocycles. The summed E-state index contributed by atoms with van der Waals surface area (Å²) >= 11 is 5.88. The quantitative estimate of drug-likeness (QED) is 0.811. The van der Waals surface area contributed by atoms with Gasteiger partial charge in [-0.1, -0.05) is 11.6 Å².